The zero-order valence-electron chi connectivity index (χ0n) is 19.9. The van der Waals surface area contributed by atoms with Gasteiger partial charge >= 0.3 is 5.97 Å². The van der Waals surface area contributed by atoms with Gasteiger partial charge in [-0.25, -0.2) is 9.80 Å². The average molecular weight is 465 g/mol. The monoisotopic (exact) mass is 464 g/mol. The van der Waals surface area contributed by atoms with Crippen molar-refractivity contribution in [2.45, 2.75) is 71.4 Å². The lowest BCUT2D eigenvalue weighted by Crippen LogP contribution is -2.48. The van der Waals surface area contributed by atoms with Crippen LogP contribution in [0.1, 0.15) is 63.5 Å². The lowest BCUT2D eigenvalue weighted by atomic mass is 9.95. The fourth-order valence-corrected chi connectivity index (χ4v) is 4.47. The molecule has 0 radical (unpaired) electrons. The van der Waals surface area contributed by atoms with Gasteiger partial charge in [0.2, 0.25) is 0 Å². The van der Waals surface area contributed by atoms with Crippen LogP contribution >= 0.6 is 0 Å². The molecule has 34 heavy (non-hydrogen) atoms. The highest BCUT2D eigenvalue weighted by atomic mass is 16.5. The number of nitrogens with one attached hydrogen (secondary N) is 1. The number of benzene rings is 1. The van der Waals surface area contributed by atoms with Crippen LogP contribution < -0.4 is 5.32 Å². The minimum atomic E-state index is -0.523. The van der Waals surface area contributed by atoms with Crippen molar-refractivity contribution in [2.24, 2.45) is 5.10 Å². The maximum Gasteiger partial charge on any atom is 0.354 e. The third-order valence-corrected chi connectivity index (χ3v) is 6.42. The number of rotatable bonds is 7. The standard InChI is InChI=1S/C26H32N4O4/c1-3-18-10-12-19(13-11-18)16-29-23(24(31)27-20-8-6-5-7-9-20)17-30-22(25(29)32)15-14-21(28-30)26(33)34-4-2/h10-13,15,17,20H,3-9,14,16H2,1-2H3,(H,27,31). The van der Waals surface area contributed by atoms with Crippen molar-refractivity contribution in [1.82, 2.24) is 15.2 Å². The van der Waals surface area contributed by atoms with E-state index in [-0.39, 0.29) is 48.8 Å². The number of hydrogen-bond donors (Lipinski definition) is 1. The molecular weight excluding hydrogens is 432 g/mol. The van der Waals surface area contributed by atoms with E-state index in [1.54, 1.807) is 19.2 Å². The lowest BCUT2D eigenvalue weighted by molar-refractivity contribution is -0.135. The molecule has 2 aliphatic heterocycles. The van der Waals surface area contributed by atoms with Gasteiger partial charge in [0.25, 0.3) is 11.8 Å². The van der Waals surface area contributed by atoms with Crippen LogP contribution in [0.3, 0.4) is 0 Å². The van der Waals surface area contributed by atoms with Gasteiger partial charge in [-0.15, -0.1) is 0 Å². The van der Waals surface area contributed by atoms with E-state index in [2.05, 4.69) is 17.3 Å². The number of amides is 2. The fraction of sp³-hybridized carbons (Fsp3) is 0.462. The van der Waals surface area contributed by atoms with Crippen LogP contribution in [-0.2, 0) is 32.1 Å². The summed E-state index contributed by atoms with van der Waals surface area (Å²) in [6.07, 6.45) is 9.57. The van der Waals surface area contributed by atoms with Crippen LogP contribution in [0.4, 0.5) is 0 Å². The summed E-state index contributed by atoms with van der Waals surface area (Å²) < 4.78 is 5.06. The molecule has 1 aromatic rings. The van der Waals surface area contributed by atoms with Crippen molar-refractivity contribution in [3.05, 3.63) is 59.1 Å². The molecule has 2 heterocycles. The van der Waals surface area contributed by atoms with Crippen molar-refractivity contribution >= 4 is 23.5 Å². The van der Waals surface area contributed by atoms with Gasteiger partial charge in [0, 0.05) is 12.5 Å². The maximum atomic E-state index is 13.5. The molecule has 0 aromatic heterocycles. The van der Waals surface area contributed by atoms with Crippen LogP contribution in [-0.4, -0.2) is 46.1 Å². The van der Waals surface area contributed by atoms with Crippen LogP contribution in [0.15, 0.2) is 53.0 Å². The number of hydrogen-bond acceptors (Lipinski definition) is 6. The highest BCUT2D eigenvalue weighted by Gasteiger charge is 2.37. The van der Waals surface area contributed by atoms with Gasteiger partial charge in [-0.1, -0.05) is 50.5 Å². The van der Waals surface area contributed by atoms with Crippen LogP contribution in [0.25, 0.3) is 0 Å². The molecule has 8 nitrogen and oxygen atoms in total. The Morgan fingerprint density at radius 3 is 2.47 bits per heavy atom. The average Bonchev–Trinajstić information content (AvgIpc) is 2.86. The number of fused-ring (bicyclic) bond motifs is 1. The largest absolute Gasteiger partial charge is 0.461 e. The molecule has 1 aliphatic carbocycles. The molecular formula is C26H32N4O4. The summed E-state index contributed by atoms with van der Waals surface area (Å²) in [6.45, 7) is 4.33. The molecule has 1 aromatic carbocycles. The van der Waals surface area contributed by atoms with Crippen molar-refractivity contribution < 1.29 is 19.1 Å². The van der Waals surface area contributed by atoms with E-state index in [1.807, 2.05) is 24.3 Å². The van der Waals surface area contributed by atoms with Gasteiger partial charge < -0.3 is 10.1 Å². The summed E-state index contributed by atoms with van der Waals surface area (Å²) in [6, 6.07) is 8.15. The smallest absolute Gasteiger partial charge is 0.354 e. The Morgan fingerprint density at radius 1 is 1.09 bits per heavy atom. The van der Waals surface area contributed by atoms with Crippen molar-refractivity contribution in [2.75, 3.05) is 6.61 Å². The molecule has 2 amide bonds. The van der Waals surface area contributed by atoms with E-state index in [0.29, 0.717) is 5.70 Å². The molecule has 0 atom stereocenters. The van der Waals surface area contributed by atoms with E-state index >= 15 is 0 Å². The molecule has 180 valence electrons. The molecule has 0 saturated heterocycles. The van der Waals surface area contributed by atoms with E-state index in [9.17, 15) is 14.4 Å². The van der Waals surface area contributed by atoms with Crippen LogP contribution in [0, 0.1) is 0 Å². The quantitative estimate of drug-likeness (QED) is 0.625. The molecule has 4 rings (SSSR count). The van der Waals surface area contributed by atoms with Crippen LogP contribution in [0.2, 0.25) is 0 Å². The molecule has 3 aliphatic rings. The summed E-state index contributed by atoms with van der Waals surface area (Å²) in [7, 11) is 0. The molecule has 0 bridgehead atoms. The first-order chi connectivity index (χ1) is 16.5. The van der Waals surface area contributed by atoms with E-state index in [1.165, 1.54) is 21.9 Å². The zero-order chi connectivity index (χ0) is 24.1. The molecule has 0 unspecified atom stereocenters. The summed E-state index contributed by atoms with van der Waals surface area (Å²) in [5, 5.41) is 8.76. The molecule has 1 N–H and O–H groups in total. The number of carbonyl (C=O) groups excluding carboxylic acids is 3. The Balaban J connectivity index is 1.64. The molecule has 8 heteroatoms. The number of aryl methyl sites for hydroxylation is 1. The number of allylic oxidation sites excluding steroid dienone is 1. The van der Waals surface area contributed by atoms with Gasteiger partial charge in [0.15, 0.2) is 0 Å². The number of carbonyl (C=O) groups is 3. The first-order valence-electron chi connectivity index (χ1n) is 12.2. The van der Waals surface area contributed by atoms with Crippen molar-refractivity contribution in [3.8, 4) is 0 Å². The molecule has 1 fully saturated rings. The second-order valence-electron chi connectivity index (χ2n) is 8.79. The number of esters is 1. The third-order valence-electron chi connectivity index (χ3n) is 6.42. The summed E-state index contributed by atoms with van der Waals surface area (Å²) in [5.41, 5.74) is 2.89. The van der Waals surface area contributed by atoms with Crippen LogP contribution in [0.5, 0.6) is 0 Å². The highest BCUT2D eigenvalue weighted by molar-refractivity contribution is 6.37. The first-order valence-corrected chi connectivity index (χ1v) is 12.2. The summed E-state index contributed by atoms with van der Waals surface area (Å²) in [5.74, 6) is -1.14. The minimum absolute atomic E-state index is 0.0971. The lowest BCUT2D eigenvalue weighted by Gasteiger charge is -2.35. The normalized spacial score (nSPS) is 18.5. The maximum absolute atomic E-state index is 13.5. The highest BCUT2D eigenvalue weighted by Crippen LogP contribution is 2.28. The number of hydrazone groups is 1. The predicted octanol–water partition coefficient (Wildman–Crippen LogP) is 3.39. The van der Waals surface area contributed by atoms with E-state index in [4.69, 9.17) is 4.74 Å². The summed E-state index contributed by atoms with van der Waals surface area (Å²) >= 11 is 0. The first kappa shape index (κ1) is 23.7. The van der Waals surface area contributed by atoms with Gasteiger partial charge in [0.1, 0.15) is 17.1 Å². The predicted molar refractivity (Wildman–Crippen MR) is 128 cm³/mol. The Hall–Kier alpha value is -3.42. The Bertz CT molecular complexity index is 1040. The summed E-state index contributed by atoms with van der Waals surface area (Å²) in [4.78, 5) is 40.5. The topological polar surface area (TPSA) is 91.3 Å². The van der Waals surface area contributed by atoms with Gasteiger partial charge in [-0.05, 0) is 43.4 Å². The van der Waals surface area contributed by atoms with E-state index in [0.717, 1.165) is 37.7 Å². The Labute approximate surface area is 200 Å². The van der Waals surface area contributed by atoms with Gasteiger partial charge in [0.05, 0.1) is 19.4 Å². The number of nitrogens with zero attached hydrogens (tertiary/aromatic N) is 3. The second kappa shape index (κ2) is 10.7. The van der Waals surface area contributed by atoms with Crippen molar-refractivity contribution in [3.63, 3.8) is 0 Å². The third kappa shape index (κ3) is 5.21. The Morgan fingerprint density at radius 2 is 1.79 bits per heavy atom. The zero-order valence-corrected chi connectivity index (χ0v) is 19.9. The van der Waals surface area contributed by atoms with Crippen molar-refractivity contribution in [1.29, 1.82) is 0 Å². The second-order valence-corrected chi connectivity index (χ2v) is 8.79. The minimum Gasteiger partial charge on any atom is -0.461 e. The van der Waals surface area contributed by atoms with Gasteiger partial charge in [-0.2, -0.15) is 5.10 Å². The molecule has 1 saturated carbocycles. The Kier molecular flexibility index (Phi) is 7.45. The van der Waals surface area contributed by atoms with Gasteiger partial charge in [-0.3, -0.25) is 14.5 Å². The molecule has 0 spiro atoms. The van der Waals surface area contributed by atoms with E-state index < -0.39 is 5.97 Å². The SMILES string of the molecule is CCOC(=O)C1=NN2C=C(C(=O)NC3CCCCC3)N(Cc3ccc(CC)cc3)C(=O)C2=CC1. The number of ether oxygens (including phenoxy) is 1. The fourth-order valence-electron chi connectivity index (χ4n) is 4.47.